The van der Waals surface area contributed by atoms with Crippen LogP contribution in [0.3, 0.4) is 0 Å². The van der Waals surface area contributed by atoms with E-state index in [4.69, 9.17) is 0 Å². The van der Waals surface area contributed by atoms with Crippen LogP contribution < -0.4 is 4.90 Å². The molecule has 0 aromatic heterocycles. The van der Waals surface area contributed by atoms with E-state index in [1.54, 1.807) is 0 Å². The molecule has 1 heteroatoms. The Bertz CT molecular complexity index is 3390. The number of hydrogen-bond acceptors (Lipinski definition) is 1. The van der Waals surface area contributed by atoms with Crippen LogP contribution in [0.4, 0.5) is 17.1 Å². The Morgan fingerprint density at radius 1 is 0.357 bits per heavy atom. The fourth-order valence-corrected chi connectivity index (χ4v) is 11.0. The maximum Gasteiger partial charge on any atom is 0.0467 e. The van der Waals surface area contributed by atoms with Crippen molar-refractivity contribution < 1.29 is 0 Å². The molecule has 1 saturated carbocycles. The molecule has 10 aromatic rings. The molecule has 0 aliphatic heterocycles. The van der Waals surface area contributed by atoms with Gasteiger partial charge in [-0.3, -0.25) is 0 Å². The number of nitrogens with zero attached hydrogens (tertiary/aromatic N) is 1. The zero-order chi connectivity index (χ0) is 47.6. The minimum atomic E-state index is -0.156. The molecule has 10 aromatic carbocycles. The van der Waals surface area contributed by atoms with Gasteiger partial charge < -0.3 is 4.90 Å². The van der Waals surface area contributed by atoms with Gasteiger partial charge in [0.2, 0.25) is 0 Å². The maximum absolute atomic E-state index is 2.43. The lowest BCUT2D eigenvalue weighted by Crippen LogP contribution is -2.16. The summed E-state index contributed by atoms with van der Waals surface area (Å²) >= 11 is 0. The van der Waals surface area contributed by atoms with E-state index in [0.717, 1.165) is 17.1 Å². The van der Waals surface area contributed by atoms with Gasteiger partial charge in [0.15, 0.2) is 0 Å². The van der Waals surface area contributed by atoms with Crippen molar-refractivity contribution in [1.82, 2.24) is 0 Å². The Morgan fingerprint density at radius 2 is 0.871 bits per heavy atom. The maximum atomic E-state index is 2.43. The smallest absolute Gasteiger partial charge is 0.0467 e. The van der Waals surface area contributed by atoms with Gasteiger partial charge in [0.1, 0.15) is 0 Å². The molecule has 1 nitrogen and oxygen atoms in total. The van der Waals surface area contributed by atoms with Gasteiger partial charge in [-0.15, -0.1) is 0 Å². The second-order valence-electron chi connectivity index (χ2n) is 19.7. The molecule has 0 saturated heterocycles. The molecule has 0 amide bonds. The lowest BCUT2D eigenvalue weighted by molar-refractivity contribution is 0.420. The molecule has 0 bridgehead atoms. The van der Waals surface area contributed by atoms with Crippen molar-refractivity contribution in [2.24, 2.45) is 0 Å². The van der Waals surface area contributed by atoms with Crippen LogP contribution in [0.15, 0.2) is 243 Å². The highest BCUT2D eigenvalue weighted by Gasteiger charge is 2.38. The third kappa shape index (κ3) is 8.58. The first kappa shape index (κ1) is 44.5. The topological polar surface area (TPSA) is 3.24 Å². The average molecular weight is 902 g/mol. The van der Waals surface area contributed by atoms with Crippen molar-refractivity contribution in [1.29, 1.82) is 0 Å². The van der Waals surface area contributed by atoms with Crippen molar-refractivity contribution in [3.05, 3.63) is 270 Å². The molecule has 0 unspecified atom stereocenters. The number of anilines is 3. The predicted molar refractivity (Wildman–Crippen MR) is 298 cm³/mol. The Hall–Kier alpha value is -8.00. The number of aryl methyl sites for hydroxylation is 1. The van der Waals surface area contributed by atoms with Gasteiger partial charge >= 0.3 is 0 Å². The van der Waals surface area contributed by atoms with E-state index in [-0.39, 0.29) is 5.41 Å². The van der Waals surface area contributed by atoms with Crippen LogP contribution in [0.25, 0.3) is 66.8 Å². The van der Waals surface area contributed by atoms with Gasteiger partial charge in [-0.2, -0.15) is 0 Å². The van der Waals surface area contributed by atoms with Crippen molar-refractivity contribution in [2.45, 2.75) is 58.3 Å². The normalized spacial score (nSPS) is 13.3. The predicted octanol–water partition coefficient (Wildman–Crippen LogP) is 19.4. The molecule has 0 spiro atoms. The van der Waals surface area contributed by atoms with E-state index in [1.807, 2.05) is 36.4 Å². The van der Waals surface area contributed by atoms with Crippen LogP contribution in [0.5, 0.6) is 0 Å². The van der Waals surface area contributed by atoms with E-state index in [9.17, 15) is 0 Å². The lowest BCUT2D eigenvalue weighted by Gasteiger charge is -2.28. The summed E-state index contributed by atoms with van der Waals surface area (Å²) in [5, 5.41) is 0. The van der Waals surface area contributed by atoms with Crippen molar-refractivity contribution in [3.63, 3.8) is 0 Å². The summed E-state index contributed by atoms with van der Waals surface area (Å²) in [6.45, 7) is 9.24. The van der Waals surface area contributed by atoms with E-state index in [2.05, 4.69) is 239 Å². The first-order chi connectivity index (χ1) is 34.3. The summed E-state index contributed by atoms with van der Waals surface area (Å²) in [4.78, 5) is 2.40. The summed E-state index contributed by atoms with van der Waals surface area (Å²) in [5.74, 6) is 0.671. The highest BCUT2D eigenvalue weighted by atomic mass is 15.1. The van der Waals surface area contributed by atoms with Crippen LogP contribution in [0.1, 0.15) is 66.8 Å². The summed E-state index contributed by atoms with van der Waals surface area (Å²) in [5.41, 5.74) is 25.4. The molecule has 0 N–H and O–H groups in total. The van der Waals surface area contributed by atoms with Crippen LogP contribution in [0.2, 0.25) is 0 Å². The zero-order valence-corrected chi connectivity index (χ0v) is 40.7. The van der Waals surface area contributed by atoms with Crippen molar-refractivity contribution >= 4 is 17.1 Å². The fraction of sp³-hybridized carbons (Fsp3) is 0.130. The monoisotopic (exact) mass is 901 g/mol. The molecule has 0 heterocycles. The van der Waals surface area contributed by atoms with Gasteiger partial charge in [0.25, 0.3) is 0 Å². The summed E-state index contributed by atoms with van der Waals surface area (Å²) < 4.78 is 0. The molecule has 2 aliphatic rings. The Labute approximate surface area is 415 Å². The van der Waals surface area contributed by atoms with Gasteiger partial charge in [-0.05, 0) is 176 Å². The van der Waals surface area contributed by atoms with Gasteiger partial charge in [0.05, 0.1) is 0 Å². The first-order valence-electron chi connectivity index (χ1n) is 25.0. The minimum absolute atomic E-state index is 0.156. The van der Waals surface area contributed by atoms with Gasteiger partial charge in [-0.1, -0.05) is 214 Å². The van der Waals surface area contributed by atoms with Crippen LogP contribution >= 0.6 is 0 Å². The van der Waals surface area contributed by atoms with E-state index < -0.39 is 0 Å². The molecule has 12 rings (SSSR count). The van der Waals surface area contributed by atoms with Crippen LogP contribution in [0, 0.1) is 13.8 Å². The molecule has 0 radical (unpaired) electrons. The van der Waals surface area contributed by atoms with Crippen molar-refractivity contribution in [3.8, 4) is 66.8 Å². The van der Waals surface area contributed by atoms with Crippen molar-refractivity contribution in [2.75, 3.05) is 4.90 Å². The number of hydrogen-bond donors (Lipinski definition) is 0. The highest BCUT2D eigenvalue weighted by Crippen LogP contribution is 2.54. The SMILES string of the molecule is Cc1ccc(N(c2ccc(-c3ccc4c(c3)-c3cc(-c5ccccc5)cc(-c5ccccc5)c3C4(C)C)cc2)c2cccc(-c3cccc(-c4ccccc4C4CCC4)c3C)c2)cc1.c1ccccc1. The van der Waals surface area contributed by atoms with E-state index in [1.165, 1.54) is 114 Å². The first-order valence-corrected chi connectivity index (χ1v) is 25.0. The minimum Gasteiger partial charge on any atom is -0.310 e. The Balaban J connectivity index is 0.000000828. The third-order valence-corrected chi connectivity index (χ3v) is 14.9. The molecule has 70 heavy (non-hydrogen) atoms. The average Bonchev–Trinajstić information content (AvgIpc) is 3.63. The number of benzene rings is 10. The lowest BCUT2D eigenvalue weighted by atomic mass is 9.76. The number of rotatable bonds is 9. The summed E-state index contributed by atoms with van der Waals surface area (Å²) in [7, 11) is 0. The quantitative estimate of drug-likeness (QED) is 0.140. The Morgan fingerprint density at radius 3 is 1.54 bits per heavy atom. The van der Waals surface area contributed by atoms with Gasteiger partial charge in [-0.25, -0.2) is 0 Å². The van der Waals surface area contributed by atoms with E-state index >= 15 is 0 Å². The second-order valence-corrected chi connectivity index (χ2v) is 19.7. The summed E-state index contributed by atoms with van der Waals surface area (Å²) in [6, 6.07) is 88.8. The van der Waals surface area contributed by atoms with E-state index in [0.29, 0.717) is 5.92 Å². The van der Waals surface area contributed by atoms with Gasteiger partial charge in [0, 0.05) is 22.5 Å². The zero-order valence-electron chi connectivity index (χ0n) is 40.7. The molecule has 1 fully saturated rings. The van der Waals surface area contributed by atoms with Crippen LogP contribution in [-0.2, 0) is 5.41 Å². The number of fused-ring (bicyclic) bond motifs is 3. The van der Waals surface area contributed by atoms with Crippen LogP contribution in [-0.4, -0.2) is 0 Å². The summed E-state index contributed by atoms with van der Waals surface area (Å²) in [6.07, 6.45) is 3.92. The standard InChI is InChI=1S/C63H53N.C6H6/c1-42-28-33-51(34-29-42)64(53-23-14-22-49(38-53)54-26-15-27-55(43(54)2)57-25-12-11-24-56(57)46-20-13-21-46)52-35-30-45(31-36-52)48-32-37-61-59(39-48)60-41-50(44-16-7-5-8-17-44)40-58(62(60)63(61,3)4)47-18-9-6-10-19-47;1-2-4-6-5-3-1/h5-12,14-19,22-41,46H,13,20-21H2,1-4H3;1-6H. The fourth-order valence-electron chi connectivity index (χ4n) is 11.0. The largest absolute Gasteiger partial charge is 0.310 e. The molecular formula is C69H59N. The third-order valence-electron chi connectivity index (χ3n) is 14.9. The molecule has 340 valence electrons. The second kappa shape index (κ2) is 19.2. The molecule has 2 aliphatic carbocycles. The molecular weight excluding hydrogens is 843 g/mol. The Kier molecular flexibility index (Phi) is 12.2. The highest BCUT2D eigenvalue weighted by molar-refractivity contribution is 5.94. The molecule has 0 atom stereocenters.